The molecule has 0 aliphatic heterocycles. The Labute approximate surface area is 118 Å². The average Bonchev–Trinajstić information content (AvgIpc) is 2.75. The van der Waals surface area contributed by atoms with Crippen molar-refractivity contribution < 1.29 is 9.53 Å². The van der Waals surface area contributed by atoms with Gasteiger partial charge in [0, 0.05) is 11.4 Å². The summed E-state index contributed by atoms with van der Waals surface area (Å²) in [4.78, 5) is 15.8. The summed E-state index contributed by atoms with van der Waals surface area (Å²) in [5.41, 5.74) is 0.413. The number of esters is 1. The molecule has 0 spiro atoms. The van der Waals surface area contributed by atoms with Crippen LogP contribution in [-0.4, -0.2) is 23.6 Å². The van der Waals surface area contributed by atoms with E-state index in [9.17, 15) is 4.79 Å². The molecule has 19 heavy (non-hydrogen) atoms. The molecule has 0 bridgehead atoms. The van der Waals surface area contributed by atoms with Crippen molar-refractivity contribution in [3.05, 3.63) is 11.1 Å². The third-order valence-corrected chi connectivity index (χ3v) is 4.35. The van der Waals surface area contributed by atoms with Gasteiger partial charge in [0.2, 0.25) is 0 Å². The highest BCUT2D eigenvalue weighted by Crippen LogP contribution is 2.26. The Morgan fingerprint density at radius 3 is 3.11 bits per heavy atom. The fraction of sp³-hybridized carbons (Fsp3) is 0.714. The van der Waals surface area contributed by atoms with Gasteiger partial charge in [-0.2, -0.15) is 0 Å². The van der Waals surface area contributed by atoms with Crippen LogP contribution in [0.5, 0.6) is 0 Å². The number of nitrogens with one attached hydrogen (secondary N) is 1. The van der Waals surface area contributed by atoms with Crippen molar-refractivity contribution in [3.63, 3.8) is 0 Å². The third-order valence-electron chi connectivity index (χ3n) is 3.57. The lowest BCUT2D eigenvalue weighted by Gasteiger charge is -2.15. The average molecular weight is 282 g/mol. The van der Waals surface area contributed by atoms with Crippen molar-refractivity contribution in [2.75, 3.05) is 11.9 Å². The number of hydrogen-bond acceptors (Lipinski definition) is 5. The van der Waals surface area contributed by atoms with Crippen molar-refractivity contribution in [1.29, 1.82) is 0 Å². The van der Waals surface area contributed by atoms with Gasteiger partial charge >= 0.3 is 5.97 Å². The van der Waals surface area contributed by atoms with Crippen LogP contribution in [0, 0.1) is 5.92 Å². The molecular formula is C14H22N2O2S. The molecule has 0 aromatic carbocycles. The second kappa shape index (κ2) is 6.89. The molecule has 1 heterocycles. The Kier molecular flexibility index (Phi) is 5.19. The predicted molar refractivity (Wildman–Crippen MR) is 77.7 cm³/mol. The maximum absolute atomic E-state index is 11.5. The van der Waals surface area contributed by atoms with E-state index in [1.807, 2.05) is 0 Å². The molecular weight excluding hydrogens is 260 g/mol. The van der Waals surface area contributed by atoms with Crippen LogP contribution < -0.4 is 5.32 Å². The second-order valence-electron chi connectivity index (χ2n) is 5.21. The van der Waals surface area contributed by atoms with E-state index in [0.29, 0.717) is 18.3 Å². The minimum atomic E-state index is -0.332. The largest absolute Gasteiger partial charge is 0.461 e. The number of rotatable bonds is 4. The zero-order chi connectivity index (χ0) is 13.7. The number of anilines is 1. The minimum Gasteiger partial charge on any atom is -0.461 e. The fourth-order valence-corrected chi connectivity index (χ4v) is 3.20. The van der Waals surface area contributed by atoms with Crippen LogP contribution in [0.1, 0.15) is 56.4 Å². The molecule has 0 amide bonds. The molecule has 0 saturated heterocycles. The smallest absolute Gasteiger partial charge is 0.357 e. The Morgan fingerprint density at radius 2 is 2.32 bits per heavy atom. The van der Waals surface area contributed by atoms with E-state index >= 15 is 0 Å². The molecule has 4 nitrogen and oxygen atoms in total. The summed E-state index contributed by atoms with van der Waals surface area (Å²) in [5, 5.41) is 6.06. The molecule has 1 saturated carbocycles. The van der Waals surface area contributed by atoms with Crippen LogP contribution in [0.2, 0.25) is 0 Å². The van der Waals surface area contributed by atoms with Crippen LogP contribution in [-0.2, 0) is 4.74 Å². The van der Waals surface area contributed by atoms with Crippen molar-refractivity contribution in [1.82, 2.24) is 4.98 Å². The van der Waals surface area contributed by atoms with Gasteiger partial charge < -0.3 is 10.1 Å². The van der Waals surface area contributed by atoms with Crippen LogP contribution in [0.15, 0.2) is 5.38 Å². The number of nitrogens with zero attached hydrogens (tertiary/aromatic N) is 1. The number of ether oxygens (including phenoxy) is 1. The molecule has 1 aliphatic carbocycles. The summed E-state index contributed by atoms with van der Waals surface area (Å²) >= 11 is 1.48. The quantitative estimate of drug-likeness (QED) is 0.676. The van der Waals surface area contributed by atoms with Crippen LogP contribution >= 0.6 is 11.3 Å². The number of aromatic nitrogens is 1. The van der Waals surface area contributed by atoms with E-state index in [2.05, 4.69) is 17.2 Å². The topological polar surface area (TPSA) is 51.2 Å². The summed E-state index contributed by atoms with van der Waals surface area (Å²) in [6, 6.07) is 0.492. The van der Waals surface area contributed by atoms with Crippen molar-refractivity contribution in [2.45, 2.75) is 52.0 Å². The van der Waals surface area contributed by atoms with Gasteiger partial charge in [-0.1, -0.05) is 19.8 Å². The third kappa shape index (κ3) is 4.20. The van der Waals surface area contributed by atoms with Crippen LogP contribution in [0.3, 0.4) is 0 Å². The molecule has 5 heteroatoms. The molecule has 106 valence electrons. The highest BCUT2D eigenvalue weighted by Gasteiger charge is 2.18. The number of hydrogen-bond donors (Lipinski definition) is 1. The number of carbonyl (C=O) groups excluding carboxylic acids is 1. The molecule has 2 unspecified atom stereocenters. The van der Waals surface area contributed by atoms with Gasteiger partial charge in [-0.05, 0) is 32.1 Å². The fourth-order valence-electron chi connectivity index (χ4n) is 2.44. The van der Waals surface area contributed by atoms with E-state index in [-0.39, 0.29) is 5.97 Å². The zero-order valence-electron chi connectivity index (χ0n) is 11.6. The van der Waals surface area contributed by atoms with Crippen molar-refractivity contribution in [3.8, 4) is 0 Å². The Hall–Kier alpha value is -1.10. The van der Waals surface area contributed by atoms with E-state index in [1.165, 1.54) is 43.4 Å². The van der Waals surface area contributed by atoms with Gasteiger partial charge in [-0.15, -0.1) is 11.3 Å². The molecule has 1 aliphatic rings. The first-order valence-electron chi connectivity index (χ1n) is 7.08. The van der Waals surface area contributed by atoms with E-state index in [0.717, 1.165) is 11.0 Å². The highest BCUT2D eigenvalue weighted by atomic mass is 32.1. The van der Waals surface area contributed by atoms with Gasteiger partial charge in [0.25, 0.3) is 0 Å². The molecule has 0 radical (unpaired) electrons. The molecule has 1 N–H and O–H groups in total. The first kappa shape index (κ1) is 14.3. The van der Waals surface area contributed by atoms with Crippen molar-refractivity contribution >= 4 is 22.4 Å². The van der Waals surface area contributed by atoms with Crippen LogP contribution in [0.25, 0.3) is 0 Å². The normalized spacial score (nSPS) is 23.7. The lowest BCUT2D eigenvalue weighted by molar-refractivity contribution is 0.0520. The monoisotopic (exact) mass is 282 g/mol. The maximum Gasteiger partial charge on any atom is 0.357 e. The first-order valence-corrected chi connectivity index (χ1v) is 7.96. The molecule has 1 fully saturated rings. The zero-order valence-corrected chi connectivity index (χ0v) is 12.5. The lowest BCUT2D eigenvalue weighted by atomic mass is 10.0. The Bertz CT molecular complexity index is 419. The first-order chi connectivity index (χ1) is 9.19. The van der Waals surface area contributed by atoms with Gasteiger partial charge in [0.05, 0.1) is 6.61 Å². The van der Waals surface area contributed by atoms with Gasteiger partial charge in [0.1, 0.15) is 0 Å². The summed E-state index contributed by atoms with van der Waals surface area (Å²) in [5.74, 6) is 0.500. The maximum atomic E-state index is 11.5. The Balaban J connectivity index is 1.90. The number of carbonyl (C=O) groups is 1. The van der Waals surface area contributed by atoms with Gasteiger partial charge in [-0.25, -0.2) is 9.78 Å². The highest BCUT2D eigenvalue weighted by molar-refractivity contribution is 7.13. The van der Waals surface area contributed by atoms with Gasteiger partial charge in [-0.3, -0.25) is 0 Å². The van der Waals surface area contributed by atoms with Crippen molar-refractivity contribution in [2.24, 2.45) is 5.92 Å². The summed E-state index contributed by atoms with van der Waals surface area (Å²) in [6.45, 7) is 4.51. The van der Waals surface area contributed by atoms with E-state index < -0.39 is 0 Å². The summed E-state index contributed by atoms with van der Waals surface area (Å²) in [7, 11) is 0. The van der Waals surface area contributed by atoms with E-state index in [4.69, 9.17) is 4.74 Å². The predicted octanol–water partition coefficient (Wildman–Crippen LogP) is 3.70. The number of thiazole rings is 1. The molecule has 2 atom stereocenters. The minimum absolute atomic E-state index is 0.332. The molecule has 2 rings (SSSR count). The second-order valence-corrected chi connectivity index (χ2v) is 6.07. The Morgan fingerprint density at radius 1 is 1.47 bits per heavy atom. The lowest BCUT2D eigenvalue weighted by Crippen LogP contribution is -2.18. The van der Waals surface area contributed by atoms with Gasteiger partial charge in [0.15, 0.2) is 10.8 Å². The summed E-state index contributed by atoms with van der Waals surface area (Å²) < 4.78 is 4.94. The summed E-state index contributed by atoms with van der Waals surface area (Å²) in [6.07, 6.45) is 6.25. The standard InChI is InChI=1S/C14H22N2O2S/c1-3-18-13(17)12-9-19-14(16-12)15-11-6-4-5-10(2)7-8-11/h9-11H,3-8H2,1-2H3,(H,15,16). The molecule has 1 aromatic rings. The SMILES string of the molecule is CCOC(=O)c1csc(NC2CCCC(C)CC2)n1. The van der Waals surface area contributed by atoms with E-state index in [1.54, 1.807) is 12.3 Å². The van der Waals surface area contributed by atoms with Crippen LogP contribution in [0.4, 0.5) is 5.13 Å². The molecule has 1 aromatic heterocycles.